The van der Waals surface area contributed by atoms with Gasteiger partial charge in [-0.3, -0.25) is 4.79 Å². The van der Waals surface area contributed by atoms with Gasteiger partial charge in [0.2, 0.25) is 15.9 Å². The number of amides is 1. The lowest BCUT2D eigenvalue weighted by Gasteiger charge is -2.15. The summed E-state index contributed by atoms with van der Waals surface area (Å²) in [5.74, 6) is -0.418. The SMILES string of the molecule is CCNS(=O)(=O)c1cc(C2CC(C(=O)Nc3ccc(F)cc3)NN2)ccc1OC. The Bertz CT molecular complexity index is 982. The first kappa shape index (κ1) is 21.2. The molecule has 156 valence electrons. The van der Waals surface area contributed by atoms with Crippen molar-refractivity contribution in [1.29, 1.82) is 0 Å². The van der Waals surface area contributed by atoms with Crippen molar-refractivity contribution in [3.05, 3.63) is 53.8 Å². The summed E-state index contributed by atoms with van der Waals surface area (Å²) in [6, 6.07) is 9.56. The van der Waals surface area contributed by atoms with Crippen LogP contribution in [0.5, 0.6) is 5.75 Å². The van der Waals surface area contributed by atoms with Crippen LogP contribution in [0.25, 0.3) is 0 Å². The Kier molecular flexibility index (Phi) is 6.48. The number of halogens is 1. The molecule has 2 atom stereocenters. The van der Waals surface area contributed by atoms with E-state index in [-0.39, 0.29) is 35.0 Å². The zero-order chi connectivity index (χ0) is 21.0. The molecule has 4 N–H and O–H groups in total. The number of methoxy groups -OCH3 is 1. The molecule has 1 amide bonds. The molecule has 0 saturated carbocycles. The van der Waals surface area contributed by atoms with Crippen LogP contribution in [0, 0.1) is 5.82 Å². The third-order valence-corrected chi connectivity index (χ3v) is 6.11. The highest BCUT2D eigenvalue weighted by Gasteiger charge is 2.31. The lowest BCUT2D eigenvalue weighted by atomic mass is 10.0. The van der Waals surface area contributed by atoms with Gasteiger partial charge in [-0.2, -0.15) is 0 Å². The van der Waals surface area contributed by atoms with E-state index < -0.39 is 16.1 Å². The van der Waals surface area contributed by atoms with Gasteiger partial charge < -0.3 is 10.1 Å². The van der Waals surface area contributed by atoms with E-state index in [0.717, 1.165) is 0 Å². The molecule has 29 heavy (non-hydrogen) atoms. The molecule has 0 spiro atoms. The summed E-state index contributed by atoms with van der Waals surface area (Å²) in [5, 5.41) is 2.72. The van der Waals surface area contributed by atoms with E-state index in [1.807, 2.05) is 0 Å². The normalized spacial score (nSPS) is 19.1. The molecule has 1 aliphatic heterocycles. The third kappa shape index (κ3) is 4.91. The van der Waals surface area contributed by atoms with Crippen molar-refractivity contribution >= 4 is 21.6 Å². The van der Waals surface area contributed by atoms with E-state index >= 15 is 0 Å². The van der Waals surface area contributed by atoms with Crippen LogP contribution < -0.4 is 25.6 Å². The highest BCUT2D eigenvalue weighted by atomic mass is 32.2. The average molecular weight is 422 g/mol. The first-order chi connectivity index (χ1) is 13.8. The summed E-state index contributed by atoms with van der Waals surface area (Å²) in [6.45, 7) is 1.95. The number of ether oxygens (including phenoxy) is 1. The molecule has 1 aliphatic rings. The summed E-state index contributed by atoms with van der Waals surface area (Å²) in [7, 11) is -2.30. The van der Waals surface area contributed by atoms with E-state index in [1.165, 1.54) is 37.4 Å². The van der Waals surface area contributed by atoms with Gasteiger partial charge in [0.25, 0.3) is 0 Å². The highest BCUT2D eigenvalue weighted by molar-refractivity contribution is 7.89. The Morgan fingerprint density at radius 1 is 1.21 bits per heavy atom. The largest absolute Gasteiger partial charge is 0.495 e. The van der Waals surface area contributed by atoms with Crippen LogP contribution in [-0.4, -0.2) is 34.0 Å². The number of hydrazine groups is 1. The molecule has 1 fully saturated rings. The third-order valence-electron chi connectivity index (χ3n) is 4.55. The molecule has 10 heteroatoms. The number of rotatable bonds is 7. The summed E-state index contributed by atoms with van der Waals surface area (Å²) in [5.41, 5.74) is 7.13. The van der Waals surface area contributed by atoms with Gasteiger partial charge in [0.1, 0.15) is 22.5 Å². The van der Waals surface area contributed by atoms with Crippen LogP contribution in [-0.2, 0) is 14.8 Å². The van der Waals surface area contributed by atoms with Gasteiger partial charge in [0.05, 0.1) is 7.11 Å². The maximum absolute atomic E-state index is 13.0. The topological polar surface area (TPSA) is 109 Å². The van der Waals surface area contributed by atoms with Crippen LogP contribution in [0.2, 0.25) is 0 Å². The van der Waals surface area contributed by atoms with Gasteiger partial charge in [0, 0.05) is 18.3 Å². The number of hydrogen-bond donors (Lipinski definition) is 4. The van der Waals surface area contributed by atoms with Crippen molar-refractivity contribution in [3.63, 3.8) is 0 Å². The molecule has 0 aromatic heterocycles. The van der Waals surface area contributed by atoms with E-state index in [0.29, 0.717) is 17.7 Å². The van der Waals surface area contributed by atoms with Crippen LogP contribution in [0.4, 0.5) is 10.1 Å². The van der Waals surface area contributed by atoms with Crippen LogP contribution in [0.15, 0.2) is 47.4 Å². The molecular weight excluding hydrogens is 399 g/mol. The number of carbonyl (C=O) groups excluding carboxylic acids is 1. The van der Waals surface area contributed by atoms with Gasteiger partial charge in [-0.1, -0.05) is 13.0 Å². The number of sulfonamides is 1. The number of hydrogen-bond acceptors (Lipinski definition) is 6. The van der Waals surface area contributed by atoms with Gasteiger partial charge in [-0.05, 0) is 48.4 Å². The lowest BCUT2D eigenvalue weighted by Crippen LogP contribution is -2.39. The smallest absolute Gasteiger partial charge is 0.244 e. The Labute approximate surface area is 168 Å². The van der Waals surface area contributed by atoms with Crippen molar-refractivity contribution < 1.29 is 22.3 Å². The molecule has 0 bridgehead atoms. The maximum atomic E-state index is 13.0. The number of benzene rings is 2. The second-order valence-electron chi connectivity index (χ2n) is 6.54. The summed E-state index contributed by atoms with van der Waals surface area (Å²) in [6.07, 6.45) is 0.403. The van der Waals surface area contributed by atoms with Crippen molar-refractivity contribution in [2.75, 3.05) is 19.0 Å². The molecule has 1 heterocycles. The molecule has 2 unspecified atom stereocenters. The summed E-state index contributed by atoms with van der Waals surface area (Å²) < 4.78 is 45.6. The number of anilines is 1. The van der Waals surface area contributed by atoms with Crippen LogP contribution in [0.1, 0.15) is 24.9 Å². The predicted octanol–water partition coefficient (Wildman–Crippen LogP) is 1.68. The molecule has 0 radical (unpaired) electrons. The average Bonchev–Trinajstić information content (AvgIpc) is 3.19. The van der Waals surface area contributed by atoms with Crippen molar-refractivity contribution in [2.45, 2.75) is 30.3 Å². The number of nitrogens with one attached hydrogen (secondary N) is 4. The van der Waals surface area contributed by atoms with Crippen molar-refractivity contribution in [3.8, 4) is 5.75 Å². The fraction of sp³-hybridized carbons (Fsp3) is 0.316. The second kappa shape index (κ2) is 8.87. The Morgan fingerprint density at radius 3 is 2.59 bits per heavy atom. The summed E-state index contributed by atoms with van der Waals surface area (Å²) >= 11 is 0. The Hall–Kier alpha value is -2.53. The minimum absolute atomic E-state index is 0.0420. The number of carbonyl (C=O) groups is 1. The van der Waals surface area contributed by atoms with Crippen LogP contribution >= 0.6 is 0 Å². The lowest BCUT2D eigenvalue weighted by molar-refractivity contribution is -0.117. The summed E-state index contributed by atoms with van der Waals surface area (Å²) in [4.78, 5) is 12.5. The molecule has 2 aromatic carbocycles. The van der Waals surface area contributed by atoms with Crippen LogP contribution in [0.3, 0.4) is 0 Å². The van der Waals surface area contributed by atoms with Crippen molar-refractivity contribution in [1.82, 2.24) is 15.6 Å². The maximum Gasteiger partial charge on any atom is 0.244 e. The van der Waals surface area contributed by atoms with E-state index in [2.05, 4.69) is 20.9 Å². The Balaban J connectivity index is 1.74. The van der Waals surface area contributed by atoms with Gasteiger partial charge >= 0.3 is 0 Å². The standard InChI is InChI=1S/C19H23FN4O4S/c1-3-21-29(26,27)18-10-12(4-9-17(18)28-2)15-11-16(24-23-15)19(25)22-14-7-5-13(20)6-8-14/h4-10,15-16,21,23-24H,3,11H2,1-2H3,(H,22,25). The van der Waals surface area contributed by atoms with Crippen molar-refractivity contribution in [2.24, 2.45) is 0 Å². The highest BCUT2D eigenvalue weighted by Crippen LogP contribution is 2.30. The minimum Gasteiger partial charge on any atom is -0.495 e. The fourth-order valence-electron chi connectivity index (χ4n) is 3.10. The quantitative estimate of drug-likeness (QED) is 0.541. The van der Waals surface area contributed by atoms with E-state index in [4.69, 9.17) is 4.74 Å². The second-order valence-corrected chi connectivity index (χ2v) is 8.27. The predicted molar refractivity (Wildman–Crippen MR) is 106 cm³/mol. The molecule has 0 aliphatic carbocycles. The first-order valence-corrected chi connectivity index (χ1v) is 10.6. The monoisotopic (exact) mass is 422 g/mol. The molecule has 2 aromatic rings. The van der Waals surface area contributed by atoms with E-state index in [9.17, 15) is 17.6 Å². The van der Waals surface area contributed by atoms with E-state index in [1.54, 1.807) is 19.1 Å². The molecule has 1 saturated heterocycles. The Morgan fingerprint density at radius 2 is 1.93 bits per heavy atom. The fourth-order valence-corrected chi connectivity index (χ4v) is 4.34. The molecule has 8 nitrogen and oxygen atoms in total. The molecule has 3 rings (SSSR count). The van der Waals surface area contributed by atoms with Gasteiger partial charge in [0.15, 0.2) is 0 Å². The first-order valence-electron chi connectivity index (χ1n) is 9.09. The zero-order valence-electron chi connectivity index (χ0n) is 16.0. The minimum atomic E-state index is -3.71. The van der Waals surface area contributed by atoms with Gasteiger partial charge in [-0.15, -0.1) is 0 Å². The zero-order valence-corrected chi connectivity index (χ0v) is 16.8. The molecular formula is C19H23FN4O4S. The van der Waals surface area contributed by atoms with Gasteiger partial charge in [-0.25, -0.2) is 28.4 Å².